The lowest BCUT2D eigenvalue weighted by molar-refractivity contribution is 0.102. The predicted octanol–water partition coefficient (Wildman–Crippen LogP) is 3.92. The summed E-state index contributed by atoms with van der Waals surface area (Å²) >= 11 is 0. The number of ketones is 1. The first-order chi connectivity index (χ1) is 10.7. The van der Waals surface area contributed by atoms with Gasteiger partial charge in [-0.15, -0.1) is 0 Å². The minimum absolute atomic E-state index is 0.0861. The van der Waals surface area contributed by atoms with Crippen LogP contribution < -0.4 is 9.47 Å². The largest absolute Gasteiger partial charge is 0.497 e. The van der Waals surface area contributed by atoms with E-state index in [1.807, 2.05) is 48.5 Å². The second kappa shape index (κ2) is 6.06. The van der Waals surface area contributed by atoms with Crippen LogP contribution in [0.15, 0.2) is 48.0 Å². The number of ether oxygens (including phenoxy) is 2. The van der Waals surface area contributed by atoms with E-state index in [9.17, 15) is 4.79 Å². The lowest BCUT2D eigenvalue weighted by Crippen LogP contribution is -2.14. The van der Waals surface area contributed by atoms with Gasteiger partial charge < -0.3 is 9.47 Å². The van der Waals surface area contributed by atoms with Gasteiger partial charge in [-0.3, -0.25) is 4.79 Å². The molecule has 0 heterocycles. The molecule has 0 aromatic heterocycles. The number of methoxy groups -OCH3 is 2. The van der Waals surface area contributed by atoms with Gasteiger partial charge in [0.1, 0.15) is 11.5 Å². The van der Waals surface area contributed by atoms with Crippen molar-refractivity contribution in [3.8, 4) is 11.5 Å². The highest BCUT2D eigenvalue weighted by molar-refractivity contribution is 6.13. The molecule has 0 aliphatic heterocycles. The van der Waals surface area contributed by atoms with Gasteiger partial charge in [-0.1, -0.05) is 18.2 Å². The van der Waals surface area contributed by atoms with Gasteiger partial charge in [0.15, 0.2) is 5.78 Å². The van der Waals surface area contributed by atoms with E-state index in [1.165, 1.54) is 0 Å². The van der Waals surface area contributed by atoms with E-state index in [1.54, 1.807) is 14.2 Å². The lowest BCUT2D eigenvalue weighted by Gasteiger charge is -2.18. The number of hydrogen-bond acceptors (Lipinski definition) is 3. The normalized spacial score (nSPS) is 15.5. The first kappa shape index (κ1) is 14.4. The summed E-state index contributed by atoms with van der Waals surface area (Å²) in [6, 6.07) is 13.4. The summed E-state index contributed by atoms with van der Waals surface area (Å²) in [5.41, 5.74) is 3.65. The van der Waals surface area contributed by atoms with Gasteiger partial charge in [-0.2, -0.15) is 0 Å². The number of Topliss-reactive ketones (excluding diaryl/α,β-unsaturated/α-hetero) is 1. The standard InChI is InChI=1S/C19H18O3/c1-21-16-5-3-4-13(11-16)10-15-7-6-14-8-9-17(22-2)12-18(14)19(15)20/h3-5,8-12H,6-7H2,1-2H3/b15-10+. The molecule has 112 valence electrons. The van der Waals surface area contributed by atoms with Gasteiger partial charge >= 0.3 is 0 Å². The number of carbonyl (C=O) groups excluding carboxylic acids is 1. The minimum Gasteiger partial charge on any atom is -0.497 e. The molecule has 22 heavy (non-hydrogen) atoms. The number of benzene rings is 2. The Morgan fingerprint density at radius 1 is 0.955 bits per heavy atom. The summed E-state index contributed by atoms with van der Waals surface area (Å²) in [5.74, 6) is 1.59. The predicted molar refractivity (Wildman–Crippen MR) is 86.6 cm³/mol. The third kappa shape index (κ3) is 2.75. The van der Waals surface area contributed by atoms with Crippen LogP contribution in [0.2, 0.25) is 0 Å². The van der Waals surface area contributed by atoms with E-state index in [0.717, 1.165) is 46.6 Å². The van der Waals surface area contributed by atoms with Crippen LogP contribution in [0, 0.1) is 0 Å². The average Bonchev–Trinajstić information content (AvgIpc) is 2.57. The number of rotatable bonds is 3. The van der Waals surface area contributed by atoms with E-state index in [-0.39, 0.29) is 5.78 Å². The molecular weight excluding hydrogens is 276 g/mol. The molecule has 0 bridgehead atoms. The maximum absolute atomic E-state index is 12.7. The quantitative estimate of drug-likeness (QED) is 0.805. The fourth-order valence-electron chi connectivity index (χ4n) is 2.74. The molecule has 3 nitrogen and oxygen atoms in total. The van der Waals surface area contributed by atoms with Crippen LogP contribution in [0.25, 0.3) is 6.08 Å². The highest BCUT2D eigenvalue weighted by Gasteiger charge is 2.22. The van der Waals surface area contributed by atoms with Gasteiger partial charge in [0, 0.05) is 11.1 Å². The molecule has 0 saturated carbocycles. The van der Waals surface area contributed by atoms with Crippen LogP contribution in [-0.2, 0) is 6.42 Å². The fourth-order valence-corrected chi connectivity index (χ4v) is 2.74. The van der Waals surface area contributed by atoms with Crippen LogP contribution in [0.4, 0.5) is 0 Å². The van der Waals surface area contributed by atoms with Crippen molar-refractivity contribution in [2.24, 2.45) is 0 Å². The van der Waals surface area contributed by atoms with E-state index in [0.29, 0.717) is 0 Å². The van der Waals surface area contributed by atoms with Gasteiger partial charge in [-0.25, -0.2) is 0 Å². The maximum Gasteiger partial charge on any atom is 0.189 e. The van der Waals surface area contributed by atoms with Crippen molar-refractivity contribution < 1.29 is 14.3 Å². The summed E-state index contributed by atoms with van der Waals surface area (Å²) in [6.07, 6.45) is 3.59. The number of carbonyl (C=O) groups is 1. The van der Waals surface area contributed by atoms with Crippen molar-refractivity contribution in [2.75, 3.05) is 14.2 Å². The van der Waals surface area contributed by atoms with Crippen LogP contribution >= 0.6 is 0 Å². The first-order valence-electron chi connectivity index (χ1n) is 7.27. The summed E-state index contributed by atoms with van der Waals surface area (Å²) in [6.45, 7) is 0. The van der Waals surface area contributed by atoms with Crippen molar-refractivity contribution in [3.05, 3.63) is 64.7 Å². The van der Waals surface area contributed by atoms with Crippen LogP contribution in [0.3, 0.4) is 0 Å². The second-order valence-electron chi connectivity index (χ2n) is 5.30. The molecule has 0 fully saturated rings. The third-order valence-corrected chi connectivity index (χ3v) is 3.95. The smallest absolute Gasteiger partial charge is 0.189 e. The number of aryl methyl sites for hydroxylation is 1. The zero-order valence-electron chi connectivity index (χ0n) is 12.8. The summed E-state index contributed by atoms with van der Waals surface area (Å²) < 4.78 is 10.5. The van der Waals surface area contributed by atoms with E-state index < -0.39 is 0 Å². The molecule has 0 radical (unpaired) electrons. The van der Waals surface area contributed by atoms with Crippen LogP contribution in [0.5, 0.6) is 11.5 Å². The van der Waals surface area contributed by atoms with Crippen LogP contribution in [0.1, 0.15) is 27.9 Å². The fraction of sp³-hybridized carbons (Fsp3) is 0.211. The molecule has 3 rings (SSSR count). The topological polar surface area (TPSA) is 35.5 Å². The molecule has 1 aliphatic rings. The number of fused-ring (bicyclic) bond motifs is 1. The van der Waals surface area contributed by atoms with Crippen molar-refractivity contribution in [3.63, 3.8) is 0 Å². The number of allylic oxidation sites excluding steroid dienone is 1. The Morgan fingerprint density at radius 3 is 2.50 bits per heavy atom. The lowest BCUT2D eigenvalue weighted by atomic mass is 9.86. The van der Waals surface area contributed by atoms with Gasteiger partial charge in [0.2, 0.25) is 0 Å². The third-order valence-electron chi connectivity index (χ3n) is 3.95. The van der Waals surface area contributed by atoms with Crippen molar-refractivity contribution in [2.45, 2.75) is 12.8 Å². The Kier molecular flexibility index (Phi) is 3.96. The Bertz CT molecular complexity index is 744. The Hall–Kier alpha value is -2.55. The van der Waals surface area contributed by atoms with Crippen molar-refractivity contribution >= 4 is 11.9 Å². The maximum atomic E-state index is 12.7. The molecule has 1 aliphatic carbocycles. The van der Waals surface area contributed by atoms with Crippen LogP contribution in [-0.4, -0.2) is 20.0 Å². The van der Waals surface area contributed by atoms with E-state index >= 15 is 0 Å². The highest BCUT2D eigenvalue weighted by atomic mass is 16.5. The van der Waals surface area contributed by atoms with Gasteiger partial charge in [0.05, 0.1) is 14.2 Å². The molecule has 0 saturated heterocycles. The Balaban J connectivity index is 1.96. The van der Waals surface area contributed by atoms with Gasteiger partial charge in [0.25, 0.3) is 0 Å². The SMILES string of the molecule is COc1cccc(/C=C2\CCc3ccc(OC)cc3C2=O)c1. The van der Waals surface area contributed by atoms with E-state index in [2.05, 4.69) is 0 Å². The second-order valence-corrected chi connectivity index (χ2v) is 5.30. The average molecular weight is 294 g/mol. The summed E-state index contributed by atoms with van der Waals surface area (Å²) in [7, 11) is 3.25. The molecule has 3 heteroatoms. The Labute approximate surface area is 130 Å². The Morgan fingerprint density at radius 2 is 1.73 bits per heavy atom. The molecule has 2 aromatic carbocycles. The molecule has 0 amide bonds. The molecule has 2 aromatic rings. The van der Waals surface area contributed by atoms with Crippen molar-refractivity contribution in [1.82, 2.24) is 0 Å². The van der Waals surface area contributed by atoms with E-state index in [4.69, 9.17) is 9.47 Å². The monoisotopic (exact) mass is 294 g/mol. The van der Waals surface area contributed by atoms with Gasteiger partial charge in [-0.05, 0) is 54.3 Å². The zero-order chi connectivity index (χ0) is 15.5. The molecule has 0 atom stereocenters. The molecule has 0 N–H and O–H groups in total. The summed E-state index contributed by atoms with van der Waals surface area (Å²) in [5, 5.41) is 0. The van der Waals surface area contributed by atoms with Crippen molar-refractivity contribution in [1.29, 1.82) is 0 Å². The molecular formula is C19H18O3. The first-order valence-corrected chi connectivity index (χ1v) is 7.27. The highest BCUT2D eigenvalue weighted by Crippen LogP contribution is 2.29. The molecule has 0 spiro atoms. The zero-order valence-corrected chi connectivity index (χ0v) is 12.8. The molecule has 0 unspecified atom stereocenters. The minimum atomic E-state index is 0.0861. The summed E-state index contributed by atoms with van der Waals surface area (Å²) in [4.78, 5) is 12.7. The number of hydrogen-bond donors (Lipinski definition) is 0.